The zero-order valence-electron chi connectivity index (χ0n) is 17.0. The summed E-state index contributed by atoms with van der Waals surface area (Å²) in [6.07, 6.45) is 2.31. The molecule has 1 unspecified atom stereocenters. The number of nitrogens with one attached hydrogen (secondary N) is 1. The molecule has 0 amide bonds. The Kier molecular flexibility index (Phi) is 10.3. The fraction of sp³-hybridized carbons (Fsp3) is 0.435. The minimum atomic E-state index is -0.477. The molecule has 0 radical (unpaired) electrons. The fourth-order valence-electron chi connectivity index (χ4n) is 3.45. The molecule has 0 aliphatic carbocycles. The van der Waals surface area contributed by atoms with Crippen LogP contribution in [0, 0.1) is 0 Å². The highest BCUT2D eigenvalue weighted by Crippen LogP contribution is 2.18. The largest absolute Gasteiger partial charge is 0.490 e. The summed E-state index contributed by atoms with van der Waals surface area (Å²) < 4.78 is 6.08. The minimum absolute atomic E-state index is 0. The van der Waals surface area contributed by atoms with Gasteiger partial charge in [-0.05, 0) is 24.6 Å². The van der Waals surface area contributed by atoms with Crippen molar-refractivity contribution in [3.05, 3.63) is 66.2 Å². The molecule has 158 valence electrons. The molecule has 1 heterocycles. The van der Waals surface area contributed by atoms with Crippen LogP contribution >= 0.6 is 24.0 Å². The van der Waals surface area contributed by atoms with E-state index in [9.17, 15) is 5.11 Å². The van der Waals surface area contributed by atoms with Crippen molar-refractivity contribution in [3.63, 3.8) is 0 Å². The lowest BCUT2D eigenvalue weighted by Crippen LogP contribution is -2.47. The van der Waals surface area contributed by atoms with E-state index >= 15 is 0 Å². The van der Waals surface area contributed by atoms with Crippen LogP contribution in [-0.2, 0) is 6.42 Å². The lowest BCUT2D eigenvalue weighted by Gasteiger charge is -2.34. The Morgan fingerprint density at radius 1 is 1.10 bits per heavy atom. The monoisotopic (exact) mass is 509 g/mol. The molecule has 2 aromatic rings. The molecule has 1 aliphatic heterocycles. The molecule has 0 bridgehead atoms. The van der Waals surface area contributed by atoms with Gasteiger partial charge in [0.05, 0.1) is 12.6 Å². The fourth-order valence-corrected chi connectivity index (χ4v) is 3.45. The van der Waals surface area contributed by atoms with Gasteiger partial charge < -0.3 is 20.1 Å². The molecular formula is C23H32IN3O2. The number of halogens is 1. The van der Waals surface area contributed by atoms with Crippen LogP contribution in [0.3, 0.4) is 0 Å². The van der Waals surface area contributed by atoms with Gasteiger partial charge >= 0.3 is 0 Å². The summed E-state index contributed by atoms with van der Waals surface area (Å²) in [6.45, 7) is 5.09. The SMILES string of the molecule is CCNC(=NCC(O)Cc1ccccc1)N1CCC(Oc2ccccc2)CC1.I. The second kappa shape index (κ2) is 12.7. The Morgan fingerprint density at radius 2 is 1.72 bits per heavy atom. The number of hydrogen-bond acceptors (Lipinski definition) is 3. The molecule has 5 nitrogen and oxygen atoms in total. The molecule has 1 atom stereocenters. The highest BCUT2D eigenvalue weighted by molar-refractivity contribution is 14.0. The maximum Gasteiger partial charge on any atom is 0.194 e. The Balaban J connectivity index is 0.00000300. The number of aliphatic imine (C=N–C) groups is 1. The zero-order valence-corrected chi connectivity index (χ0v) is 19.4. The van der Waals surface area contributed by atoms with Crippen molar-refractivity contribution in [3.8, 4) is 5.75 Å². The van der Waals surface area contributed by atoms with E-state index in [4.69, 9.17) is 4.74 Å². The molecule has 29 heavy (non-hydrogen) atoms. The molecular weight excluding hydrogens is 477 g/mol. The van der Waals surface area contributed by atoms with E-state index < -0.39 is 6.10 Å². The van der Waals surface area contributed by atoms with Crippen LogP contribution in [0.5, 0.6) is 5.75 Å². The van der Waals surface area contributed by atoms with Gasteiger partial charge in [-0.2, -0.15) is 0 Å². The summed E-state index contributed by atoms with van der Waals surface area (Å²) in [5.74, 6) is 1.82. The van der Waals surface area contributed by atoms with Crippen molar-refractivity contribution in [2.45, 2.75) is 38.4 Å². The number of nitrogens with zero attached hydrogens (tertiary/aromatic N) is 2. The van der Waals surface area contributed by atoms with E-state index in [1.165, 1.54) is 0 Å². The van der Waals surface area contributed by atoms with Gasteiger partial charge in [-0.1, -0.05) is 48.5 Å². The van der Waals surface area contributed by atoms with E-state index in [1.807, 2.05) is 60.7 Å². The predicted molar refractivity (Wildman–Crippen MR) is 129 cm³/mol. The number of ether oxygens (including phenoxy) is 1. The van der Waals surface area contributed by atoms with Crippen LogP contribution in [-0.4, -0.2) is 54.4 Å². The number of aliphatic hydroxyl groups is 1. The van der Waals surface area contributed by atoms with Gasteiger partial charge in [0.25, 0.3) is 0 Å². The van der Waals surface area contributed by atoms with Gasteiger partial charge in [0.2, 0.25) is 0 Å². The molecule has 1 saturated heterocycles. The van der Waals surface area contributed by atoms with Gasteiger partial charge in [0, 0.05) is 38.9 Å². The number of piperidine rings is 1. The van der Waals surface area contributed by atoms with Crippen molar-refractivity contribution < 1.29 is 9.84 Å². The topological polar surface area (TPSA) is 57.1 Å². The minimum Gasteiger partial charge on any atom is -0.490 e. The Morgan fingerprint density at radius 3 is 2.34 bits per heavy atom. The van der Waals surface area contributed by atoms with E-state index in [1.54, 1.807) is 0 Å². The average molecular weight is 509 g/mol. The first-order valence-electron chi connectivity index (χ1n) is 10.2. The number of para-hydroxylation sites is 1. The van der Waals surface area contributed by atoms with Crippen LogP contribution in [0.1, 0.15) is 25.3 Å². The Labute approximate surface area is 191 Å². The van der Waals surface area contributed by atoms with Gasteiger partial charge in [-0.3, -0.25) is 4.99 Å². The zero-order chi connectivity index (χ0) is 19.6. The van der Waals surface area contributed by atoms with Crippen LogP contribution in [0.2, 0.25) is 0 Å². The number of aliphatic hydroxyl groups excluding tert-OH is 1. The van der Waals surface area contributed by atoms with Gasteiger partial charge in [-0.15, -0.1) is 24.0 Å². The van der Waals surface area contributed by atoms with Crippen molar-refractivity contribution in [2.24, 2.45) is 4.99 Å². The normalized spacial score (nSPS) is 16.1. The van der Waals surface area contributed by atoms with Gasteiger partial charge in [0.1, 0.15) is 11.9 Å². The molecule has 2 N–H and O–H groups in total. The number of rotatable bonds is 7. The molecule has 0 aromatic heterocycles. The molecule has 6 heteroatoms. The molecule has 1 fully saturated rings. The number of hydrogen-bond donors (Lipinski definition) is 2. The van der Waals surface area contributed by atoms with Gasteiger partial charge in [-0.25, -0.2) is 0 Å². The second-order valence-corrected chi connectivity index (χ2v) is 7.16. The molecule has 0 saturated carbocycles. The van der Waals surface area contributed by atoms with Crippen LogP contribution in [0.25, 0.3) is 0 Å². The first-order valence-corrected chi connectivity index (χ1v) is 10.2. The lowest BCUT2D eigenvalue weighted by atomic mass is 10.1. The molecule has 2 aromatic carbocycles. The van der Waals surface area contributed by atoms with Crippen LogP contribution < -0.4 is 10.1 Å². The Bertz CT molecular complexity index is 719. The quantitative estimate of drug-likeness (QED) is 0.340. The van der Waals surface area contributed by atoms with E-state index in [0.717, 1.165) is 49.7 Å². The second-order valence-electron chi connectivity index (χ2n) is 7.16. The van der Waals surface area contributed by atoms with E-state index in [-0.39, 0.29) is 30.1 Å². The molecule has 0 spiro atoms. The summed E-state index contributed by atoms with van der Waals surface area (Å²) in [7, 11) is 0. The van der Waals surface area contributed by atoms with Crippen molar-refractivity contribution in [1.82, 2.24) is 10.2 Å². The summed E-state index contributed by atoms with van der Waals surface area (Å²) in [5.41, 5.74) is 1.13. The van der Waals surface area contributed by atoms with Crippen LogP contribution in [0.15, 0.2) is 65.7 Å². The predicted octanol–water partition coefficient (Wildman–Crippen LogP) is 3.72. The van der Waals surface area contributed by atoms with Crippen LogP contribution in [0.4, 0.5) is 0 Å². The van der Waals surface area contributed by atoms with Crippen molar-refractivity contribution in [1.29, 1.82) is 0 Å². The third kappa shape index (κ3) is 7.85. The number of guanidine groups is 1. The average Bonchev–Trinajstić information content (AvgIpc) is 2.73. The molecule has 1 aliphatic rings. The van der Waals surface area contributed by atoms with E-state index in [2.05, 4.69) is 22.1 Å². The lowest BCUT2D eigenvalue weighted by molar-refractivity contribution is 0.129. The number of benzene rings is 2. The third-order valence-electron chi connectivity index (χ3n) is 4.89. The smallest absolute Gasteiger partial charge is 0.194 e. The number of likely N-dealkylation sites (tertiary alicyclic amines) is 1. The van der Waals surface area contributed by atoms with Crippen molar-refractivity contribution in [2.75, 3.05) is 26.2 Å². The van der Waals surface area contributed by atoms with Crippen molar-refractivity contribution >= 4 is 29.9 Å². The highest BCUT2D eigenvalue weighted by atomic mass is 127. The highest BCUT2D eigenvalue weighted by Gasteiger charge is 2.22. The first kappa shape index (κ1) is 23.5. The van der Waals surface area contributed by atoms with E-state index in [0.29, 0.717) is 13.0 Å². The first-order chi connectivity index (χ1) is 13.7. The Hall–Kier alpha value is -1.80. The van der Waals surface area contributed by atoms with Gasteiger partial charge in [0.15, 0.2) is 5.96 Å². The summed E-state index contributed by atoms with van der Waals surface area (Å²) in [6, 6.07) is 20.1. The molecule has 3 rings (SSSR count). The third-order valence-corrected chi connectivity index (χ3v) is 4.89. The maximum atomic E-state index is 10.4. The summed E-state index contributed by atoms with van der Waals surface area (Å²) >= 11 is 0. The maximum absolute atomic E-state index is 10.4. The summed E-state index contributed by atoms with van der Waals surface area (Å²) in [4.78, 5) is 6.95. The standard InChI is InChI=1S/C23H31N3O2.HI/c1-2-24-23(25-18-20(27)17-19-9-5-3-6-10-19)26-15-13-22(14-16-26)28-21-11-7-4-8-12-21;/h3-12,20,22,27H,2,13-18H2,1H3,(H,24,25);1H. The summed E-state index contributed by atoms with van der Waals surface area (Å²) in [5, 5.41) is 13.7.